The van der Waals surface area contributed by atoms with Crippen LogP contribution in [-0.4, -0.2) is 0 Å². The molecular weight excluding hydrogens is 302 g/mol. The first-order chi connectivity index (χ1) is 6.68. The Bertz CT molecular complexity index is 383. The maximum absolute atomic E-state index is 13.1. The smallest absolute Gasteiger partial charge is 0.203 e. The van der Waals surface area contributed by atoms with Crippen LogP contribution in [0.5, 0.6) is 0 Å². The summed E-state index contributed by atoms with van der Waals surface area (Å²) in [6.07, 6.45) is 0. The molecule has 0 unspecified atom stereocenters. The van der Waals surface area contributed by atoms with Crippen molar-refractivity contribution in [1.29, 1.82) is 0 Å². The van der Waals surface area contributed by atoms with Crippen LogP contribution in [0.4, 0.5) is 17.6 Å². The summed E-state index contributed by atoms with van der Waals surface area (Å²) in [7, 11) is 0. The first kappa shape index (κ1) is 13.2. The van der Waals surface area contributed by atoms with Gasteiger partial charge in [-0.25, -0.2) is 17.6 Å². The van der Waals surface area contributed by atoms with E-state index in [1.165, 1.54) is 0 Å². The molecule has 0 N–H and O–H groups in total. The van der Waals surface area contributed by atoms with E-state index < -0.39 is 37.6 Å². The number of alkyl halides is 3. The summed E-state index contributed by atoms with van der Waals surface area (Å²) < 4.78 is 49.3. The van der Waals surface area contributed by atoms with E-state index >= 15 is 0 Å². The van der Waals surface area contributed by atoms with Gasteiger partial charge in [0.2, 0.25) is 3.79 Å². The zero-order chi connectivity index (χ0) is 12.0. The highest BCUT2D eigenvalue weighted by atomic mass is 35.6. The zero-order valence-electron chi connectivity index (χ0n) is 6.52. The Labute approximate surface area is 102 Å². The number of hydrogen-bond donors (Lipinski definition) is 0. The standard InChI is InChI=1S/C7Cl4F4/c8-2-5(14)3(12)1(7(9,10)11)4(13)6(2)15. The van der Waals surface area contributed by atoms with E-state index in [2.05, 4.69) is 0 Å². The molecule has 0 radical (unpaired) electrons. The molecule has 0 amide bonds. The fourth-order valence-corrected chi connectivity index (χ4v) is 1.52. The monoisotopic (exact) mass is 300 g/mol. The third-order valence-electron chi connectivity index (χ3n) is 1.49. The van der Waals surface area contributed by atoms with Crippen molar-refractivity contribution in [1.82, 2.24) is 0 Å². The van der Waals surface area contributed by atoms with Crippen LogP contribution in [0.1, 0.15) is 5.56 Å². The molecule has 1 aromatic carbocycles. The van der Waals surface area contributed by atoms with Crippen LogP contribution in [0.25, 0.3) is 0 Å². The van der Waals surface area contributed by atoms with Gasteiger partial charge in [0, 0.05) is 0 Å². The molecule has 0 aliphatic heterocycles. The molecule has 1 aromatic rings. The Kier molecular flexibility index (Phi) is 3.66. The van der Waals surface area contributed by atoms with Crippen molar-refractivity contribution in [3.63, 3.8) is 0 Å². The maximum atomic E-state index is 13.1. The quantitative estimate of drug-likeness (QED) is 0.281. The Morgan fingerprint density at radius 1 is 0.733 bits per heavy atom. The first-order valence-electron chi connectivity index (χ1n) is 3.26. The highest BCUT2D eigenvalue weighted by Crippen LogP contribution is 2.43. The van der Waals surface area contributed by atoms with E-state index in [0.29, 0.717) is 0 Å². The molecular formula is C7Cl4F4. The van der Waals surface area contributed by atoms with Gasteiger partial charge in [0.1, 0.15) is 5.02 Å². The van der Waals surface area contributed by atoms with Gasteiger partial charge < -0.3 is 0 Å². The van der Waals surface area contributed by atoms with Crippen molar-refractivity contribution in [2.24, 2.45) is 0 Å². The van der Waals surface area contributed by atoms with E-state index in [-0.39, 0.29) is 0 Å². The minimum atomic E-state index is -2.62. The molecule has 0 fully saturated rings. The lowest BCUT2D eigenvalue weighted by atomic mass is 10.2. The molecule has 0 spiro atoms. The minimum absolute atomic E-state index is 1.33. The lowest BCUT2D eigenvalue weighted by Crippen LogP contribution is -2.12. The molecule has 84 valence electrons. The van der Waals surface area contributed by atoms with Gasteiger partial charge in [-0.15, -0.1) is 0 Å². The third kappa shape index (κ3) is 2.28. The second-order valence-corrected chi connectivity index (χ2v) is 5.10. The van der Waals surface area contributed by atoms with Crippen LogP contribution in [0, 0.1) is 23.3 Å². The summed E-state index contributed by atoms with van der Waals surface area (Å²) >= 11 is 20.4. The summed E-state index contributed by atoms with van der Waals surface area (Å²) in [5.74, 6) is -7.29. The van der Waals surface area contributed by atoms with Gasteiger partial charge >= 0.3 is 0 Å². The Morgan fingerprint density at radius 3 is 1.33 bits per heavy atom. The fraction of sp³-hybridized carbons (Fsp3) is 0.143. The second kappa shape index (κ2) is 4.17. The minimum Gasteiger partial charge on any atom is -0.203 e. The Balaban J connectivity index is 3.68. The number of halogens is 8. The van der Waals surface area contributed by atoms with Crippen molar-refractivity contribution in [2.75, 3.05) is 0 Å². The summed E-state index contributed by atoms with van der Waals surface area (Å²) in [6.45, 7) is 0. The van der Waals surface area contributed by atoms with E-state index in [1.54, 1.807) is 0 Å². The summed E-state index contributed by atoms with van der Waals surface area (Å²) in [6, 6.07) is 0. The van der Waals surface area contributed by atoms with Crippen molar-refractivity contribution in [3.05, 3.63) is 33.9 Å². The molecule has 0 atom stereocenters. The molecule has 0 saturated carbocycles. The van der Waals surface area contributed by atoms with Gasteiger partial charge in [-0.3, -0.25) is 0 Å². The highest BCUT2D eigenvalue weighted by molar-refractivity contribution is 6.66. The lowest BCUT2D eigenvalue weighted by Gasteiger charge is -2.14. The van der Waals surface area contributed by atoms with E-state index in [0.717, 1.165) is 0 Å². The molecule has 0 aliphatic rings. The first-order valence-corrected chi connectivity index (χ1v) is 4.77. The van der Waals surface area contributed by atoms with Crippen molar-refractivity contribution >= 4 is 46.4 Å². The van der Waals surface area contributed by atoms with E-state index in [1.807, 2.05) is 0 Å². The molecule has 0 heterocycles. The molecule has 0 nitrogen and oxygen atoms in total. The topological polar surface area (TPSA) is 0 Å². The van der Waals surface area contributed by atoms with Crippen LogP contribution in [0.15, 0.2) is 0 Å². The van der Waals surface area contributed by atoms with E-state index in [4.69, 9.17) is 46.4 Å². The Hall–Kier alpha value is 0.1000. The fourth-order valence-electron chi connectivity index (χ4n) is 0.854. The summed E-state index contributed by atoms with van der Waals surface area (Å²) in [5.41, 5.74) is -1.34. The van der Waals surface area contributed by atoms with Crippen molar-refractivity contribution in [2.45, 2.75) is 3.79 Å². The van der Waals surface area contributed by atoms with Gasteiger partial charge in [-0.05, 0) is 0 Å². The largest absolute Gasteiger partial charge is 0.221 e. The number of hydrogen-bond acceptors (Lipinski definition) is 0. The van der Waals surface area contributed by atoms with Gasteiger partial charge in [0.15, 0.2) is 23.3 Å². The lowest BCUT2D eigenvalue weighted by molar-refractivity contribution is 0.441. The van der Waals surface area contributed by atoms with Crippen LogP contribution < -0.4 is 0 Å². The average molecular weight is 302 g/mol. The van der Waals surface area contributed by atoms with E-state index in [9.17, 15) is 17.6 Å². The summed E-state index contributed by atoms with van der Waals surface area (Å²) in [4.78, 5) is 0. The molecule has 0 saturated heterocycles. The number of rotatable bonds is 0. The predicted molar refractivity (Wildman–Crippen MR) is 50.5 cm³/mol. The Morgan fingerprint density at radius 2 is 1.07 bits per heavy atom. The molecule has 0 bridgehead atoms. The van der Waals surface area contributed by atoms with Crippen LogP contribution in [-0.2, 0) is 3.79 Å². The van der Waals surface area contributed by atoms with Crippen molar-refractivity contribution < 1.29 is 17.6 Å². The van der Waals surface area contributed by atoms with Gasteiger partial charge in [-0.1, -0.05) is 46.4 Å². The van der Waals surface area contributed by atoms with Crippen molar-refractivity contribution in [3.8, 4) is 0 Å². The predicted octanol–water partition coefficient (Wildman–Crippen LogP) is 4.72. The van der Waals surface area contributed by atoms with Crippen LogP contribution >= 0.6 is 46.4 Å². The highest BCUT2D eigenvalue weighted by Gasteiger charge is 2.36. The molecule has 15 heavy (non-hydrogen) atoms. The second-order valence-electron chi connectivity index (χ2n) is 2.44. The molecule has 0 aromatic heterocycles. The number of benzene rings is 1. The summed E-state index contributed by atoms with van der Waals surface area (Å²) in [5, 5.41) is -1.33. The van der Waals surface area contributed by atoms with Gasteiger partial charge in [-0.2, -0.15) is 0 Å². The third-order valence-corrected chi connectivity index (χ3v) is 2.39. The SMILES string of the molecule is Fc1c(F)c(C(Cl)(Cl)Cl)c(F)c(F)c1Cl. The zero-order valence-corrected chi connectivity index (χ0v) is 9.55. The van der Waals surface area contributed by atoms with Gasteiger partial charge in [0.25, 0.3) is 0 Å². The van der Waals surface area contributed by atoms with Crippen LogP contribution in [0.3, 0.4) is 0 Å². The molecule has 8 heteroatoms. The van der Waals surface area contributed by atoms with Gasteiger partial charge in [0.05, 0.1) is 5.56 Å². The average Bonchev–Trinajstić information content (AvgIpc) is 2.09. The molecule has 0 aliphatic carbocycles. The normalized spacial score (nSPS) is 12.0. The van der Waals surface area contributed by atoms with Crippen LogP contribution in [0.2, 0.25) is 5.02 Å². The molecule has 1 rings (SSSR count). The maximum Gasteiger partial charge on any atom is 0.221 e.